The van der Waals surface area contributed by atoms with Crippen molar-refractivity contribution in [3.8, 4) is 11.5 Å². The molecule has 32 heavy (non-hydrogen) atoms. The van der Waals surface area contributed by atoms with Crippen LogP contribution in [0.5, 0.6) is 0 Å². The molecule has 0 atom stereocenters. The van der Waals surface area contributed by atoms with E-state index in [1.807, 2.05) is 24.3 Å². The number of hydrogen-bond acceptors (Lipinski definition) is 9. The first-order valence-corrected chi connectivity index (χ1v) is 11.0. The number of piperazine rings is 1. The third kappa shape index (κ3) is 5.06. The van der Waals surface area contributed by atoms with E-state index in [0.29, 0.717) is 0 Å². The van der Waals surface area contributed by atoms with Crippen LogP contribution < -0.4 is 10.2 Å². The smallest absolute Gasteiger partial charge is 0.282 e. The molecule has 0 saturated carbocycles. The third-order valence-corrected chi connectivity index (χ3v) is 5.90. The van der Waals surface area contributed by atoms with Crippen LogP contribution >= 0.6 is 11.8 Å². The van der Waals surface area contributed by atoms with Gasteiger partial charge in [0, 0.05) is 32.2 Å². The number of amides is 1. The average Bonchev–Trinajstić information content (AvgIpc) is 3.28. The first-order chi connectivity index (χ1) is 15.5. The molecular formula is C21H22N6O4S. The van der Waals surface area contributed by atoms with Gasteiger partial charge in [0.25, 0.3) is 16.8 Å². The Kier molecular flexibility index (Phi) is 6.66. The highest BCUT2D eigenvalue weighted by atomic mass is 32.2. The first kappa shape index (κ1) is 21.8. The number of carbonyl (C=O) groups is 1. The van der Waals surface area contributed by atoms with Crippen molar-refractivity contribution < 1.29 is 14.1 Å². The largest absolute Gasteiger partial charge is 0.411 e. The molecule has 11 heteroatoms. The van der Waals surface area contributed by atoms with E-state index >= 15 is 0 Å². The van der Waals surface area contributed by atoms with Crippen molar-refractivity contribution in [2.45, 2.75) is 5.22 Å². The molecule has 1 fully saturated rings. The van der Waals surface area contributed by atoms with Crippen LogP contribution in [0.3, 0.4) is 0 Å². The molecule has 166 valence electrons. The molecule has 1 aliphatic rings. The summed E-state index contributed by atoms with van der Waals surface area (Å²) in [7, 11) is 2.10. The fraction of sp³-hybridized carbons (Fsp3) is 0.286. The van der Waals surface area contributed by atoms with Gasteiger partial charge in [0.15, 0.2) is 0 Å². The average molecular weight is 455 g/mol. The predicted octanol–water partition coefficient (Wildman–Crippen LogP) is 3.13. The summed E-state index contributed by atoms with van der Waals surface area (Å²) in [6.45, 7) is 3.73. The molecule has 0 aliphatic carbocycles. The summed E-state index contributed by atoms with van der Waals surface area (Å²) in [4.78, 5) is 27.8. The van der Waals surface area contributed by atoms with Gasteiger partial charge >= 0.3 is 0 Å². The lowest BCUT2D eigenvalue weighted by molar-refractivity contribution is -0.384. The maximum atomic E-state index is 12.6. The minimum Gasteiger partial charge on any atom is -0.411 e. The summed E-state index contributed by atoms with van der Waals surface area (Å²) in [5.74, 6) is -0.0992. The number of benzene rings is 2. The zero-order valence-corrected chi connectivity index (χ0v) is 18.2. The van der Waals surface area contributed by atoms with Crippen LogP contribution in [-0.4, -0.2) is 64.9 Å². The van der Waals surface area contributed by atoms with Gasteiger partial charge < -0.3 is 19.5 Å². The Balaban J connectivity index is 1.38. The van der Waals surface area contributed by atoms with Crippen LogP contribution in [0.15, 0.2) is 58.2 Å². The molecule has 0 bridgehead atoms. The summed E-state index contributed by atoms with van der Waals surface area (Å²) in [6.07, 6.45) is 0. The van der Waals surface area contributed by atoms with Crippen LogP contribution in [0.25, 0.3) is 11.5 Å². The van der Waals surface area contributed by atoms with Crippen molar-refractivity contribution in [3.05, 3.63) is 58.6 Å². The SMILES string of the molecule is CN1CCN(c2ccccc2NC(=O)CSc2nnc(-c3ccccc3[N+](=O)[O-])o2)CC1. The molecule has 0 unspecified atom stereocenters. The van der Waals surface area contributed by atoms with Gasteiger partial charge in [-0.25, -0.2) is 0 Å². The second-order valence-electron chi connectivity index (χ2n) is 7.29. The van der Waals surface area contributed by atoms with Crippen LogP contribution in [0.1, 0.15) is 0 Å². The van der Waals surface area contributed by atoms with Crippen molar-refractivity contribution in [2.75, 3.05) is 49.2 Å². The number of nitro groups is 1. The van der Waals surface area contributed by atoms with E-state index in [1.165, 1.54) is 6.07 Å². The number of likely N-dealkylation sites (N-methyl/N-ethyl adjacent to an activating group) is 1. The Bertz CT molecular complexity index is 1110. The fourth-order valence-electron chi connectivity index (χ4n) is 3.41. The van der Waals surface area contributed by atoms with Gasteiger partial charge in [0.1, 0.15) is 5.56 Å². The summed E-state index contributed by atoms with van der Waals surface area (Å²) in [5.41, 5.74) is 1.87. The van der Waals surface area contributed by atoms with E-state index in [-0.39, 0.29) is 34.0 Å². The Morgan fingerprint density at radius 1 is 1.12 bits per heavy atom. The normalized spacial score (nSPS) is 14.3. The van der Waals surface area contributed by atoms with Crippen molar-refractivity contribution in [2.24, 2.45) is 0 Å². The first-order valence-electron chi connectivity index (χ1n) is 10.0. The van der Waals surface area contributed by atoms with E-state index in [9.17, 15) is 14.9 Å². The summed E-state index contributed by atoms with van der Waals surface area (Å²) in [6, 6.07) is 13.9. The molecule has 1 N–H and O–H groups in total. The number of nitrogens with zero attached hydrogens (tertiary/aromatic N) is 5. The molecule has 2 aromatic carbocycles. The molecule has 1 aromatic heterocycles. The molecular weight excluding hydrogens is 432 g/mol. The van der Waals surface area contributed by atoms with Gasteiger partial charge in [0.2, 0.25) is 5.91 Å². The topological polar surface area (TPSA) is 118 Å². The Morgan fingerprint density at radius 2 is 1.84 bits per heavy atom. The lowest BCUT2D eigenvalue weighted by atomic mass is 10.2. The van der Waals surface area contributed by atoms with Crippen LogP contribution in [-0.2, 0) is 4.79 Å². The van der Waals surface area contributed by atoms with Gasteiger partial charge in [-0.3, -0.25) is 14.9 Å². The van der Waals surface area contributed by atoms with Gasteiger partial charge in [-0.1, -0.05) is 36.0 Å². The molecule has 4 rings (SSSR count). The molecule has 3 aromatic rings. The van der Waals surface area contributed by atoms with Gasteiger partial charge in [0.05, 0.1) is 22.1 Å². The van der Waals surface area contributed by atoms with Gasteiger partial charge in [-0.15, -0.1) is 10.2 Å². The third-order valence-electron chi connectivity index (χ3n) is 5.09. The molecule has 10 nitrogen and oxygen atoms in total. The number of hydrogen-bond donors (Lipinski definition) is 1. The summed E-state index contributed by atoms with van der Waals surface area (Å²) < 4.78 is 5.53. The highest BCUT2D eigenvalue weighted by molar-refractivity contribution is 7.99. The Morgan fingerprint density at radius 3 is 2.62 bits per heavy atom. The van der Waals surface area contributed by atoms with E-state index < -0.39 is 4.92 Å². The number of nitrogens with one attached hydrogen (secondary N) is 1. The second kappa shape index (κ2) is 9.79. The quantitative estimate of drug-likeness (QED) is 0.326. The zero-order chi connectivity index (χ0) is 22.5. The zero-order valence-electron chi connectivity index (χ0n) is 17.4. The van der Waals surface area contributed by atoms with E-state index in [4.69, 9.17) is 4.42 Å². The van der Waals surface area contributed by atoms with Crippen molar-refractivity contribution in [1.82, 2.24) is 15.1 Å². The maximum absolute atomic E-state index is 12.6. The summed E-state index contributed by atoms with van der Waals surface area (Å²) >= 11 is 1.08. The predicted molar refractivity (Wildman–Crippen MR) is 122 cm³/mol. The molecule has 1 aliphatic heterocycles. The lowest BCUT2D eigenvalue weighted by Crippen LogP contribution is -2.44. The van der Waals surface area contributed by atoms with Crippen LogP contribution in [0.2, 0.25) is 0 Å². The fourth-order valence-corrected chi connectivity index (χ4v) is 3.97. The van der Waals surface area contributed by atoms with Crippen LogP contribution in [0.4, 0.5) is 17.1 Å². The Hall–Kier alpha value is -3.44. The van der Waals surface area contributed by atoms with E-state index in [1.54, 1.807) is 18.2 Å². The second-order valence-corrected chi connectivity index (χ2v) is 8.22. The molecule has 0 radical (unpaired) electrons. The standard InChI is InChI=1S/C21H22N6O4S/c1-25-10-12-26(13-11-25)18-9-5-3-7-16(18)22-19(28)14-32-21-24-23-20(31-21)15-6-2-4-8-17(15)27(29)30/h2-9H,10-14H2,1H3,(H,22,28). The number of rotatable bonds is 7. The molecule has 0 spiro atoms. The minimum absolute atomic E-state index is 0.0422. The monoisotopic (exact) mass is 454 g/mol. The number of carbonyl (C=O) groups excluding carboxylic acids is 1. The number of para-hydroxylation sites is 3. The van der Waals surface area contributed by atoms with Crippen molar-refractivity contribution >= 4 is 34.7 Å². The van der Waals surface area contributed by atoms with E-state index in [2.05, 4.69) is 32.4 Å². The van der Waals surface area contributed by atoms with Gasteiger partial charge in [-0.05, 0) is 25.2 Å². The van der Waals surface area contributed by atoms with E-state index in [0.717, 1.165) is 49.3 Å². The minimum atomic E-state index is -0.502. The highest BCUT2D eigenvalue weighted by Gasteiger charge is 2.21. The molecule has 2 heterocycles. The number of anilines is 2. The number of thioether (sulfide) groups is 1. The maximum Gasteiger partial charge on any atom is 0.282 e. The lowest BCUT2D eigenvalue weighted by Gasteiger charge is -2.35. The van der Waals surface area contributed by atoms with Crippen LogP contribution in [0, 0.1) is 10.1 Å². The number of nitro benzene ring substituents is 1. The molecule has 1 saturated heterocycles. The number of aromatic nitrogens is 2. The van der Waals surface area contributed by atoms with Crippen molar-refractivity contribution in [1.29, 1.82) is 0 Å². The Labute approximate surface area is 188 Å². The summed E-state index contributed by atoms with van der Waals surface area (Å²) in [5, 5.41) is 22.1. The molecule has 1 amide bonds. The van der Waals surface area contributed by atoms with Gasteiger partial charge in [-0.2, -0.15) is 0 Å². The van der Waals surface area contributed by atoms with Crippen molar-refractivity contribution in [3.63, 3.8) is 0 Å². The highest BCUT2D eigenvalue weighted by Crippen LogP contribution is 2.31.